The lowest BCUT2D eigenvalue weighted by atomic mass is 10.1. The fraction of sp³-hybridized carbons (Fsp3) is 0.500. The van der Waals surface area contributed by atoms with E-state index in [1.165, 1.54) is 5.56 Å². The molecule has 0 amide bonds. The third kappa shape index (κ3) is 2.70. The largest absolute Gasteiger partial charge is 0.481 e. The third-order valence-electron chi connectivity index (χ3n) is 1.95. The van der Waals surface area contributed by atoms with E-state index in [9.17, 15) is 0 Å². The molecule has 72 valence electrons. The number of pyridine rings is 1. The zero-order valence-corrected chi connectivity index (χ0v) is 8.21. The van der Waals surface area contributed by atoms with Crippen molar-refractivity contribution in [1.29, 1.82) is 0 Å². The molecule has 0 saturated carbocycles. The predicted molar refractivity (Wildman–Crippen MR) is 52.9 cm³/mol. The minimum atomic E-state index is 0.705. The summed E-state index contributed by atoms with van der Waals surface area (Å²) in [5, 5.41) is 0. The first-order valence-corrected chi connectivity index (χ1v) is 4.47. The quantitative estimate of drug-likeness (QED) is 0.759. The van der Waals surface area contributed by atoms with E-state index in [2.05, 4.69) is 11.1 Å². The van der Waals surface area contributed by atoms with Crippen molar-refractivity contribution in [2.24, 2.45) is 5.73 Å². The molecular weight excluding hydrogens is 164 g/mol. The minimum absolute atomic E-state index is 0.705. The Bertz CT molecular complexity index is 274. The lowest BCUT2D eigenvalue weighted by Gasteiger charge is -2.05. The molecule has 0 fully saturated rings. The second-order valence-corrected chi connectivity index (χ2v) is 3.06. The van der Waals surface area contributed by atoms with Gasteiger partial charge < -0.3 is 10.5 Å². The van der Waals surface area contributed by atoms with Gasteiger partial charge in [-0.2, -0.15) is 0 Å². The Labute approximate surface area is 78.9 Å². The van der Waals surface area contributed by atoms with Gasteiger partial charge in [-0.1, -0.05) is 0 Å². The first kappa shape index (κ1) is 9.99. The van der Waals surface area contributed by atoms with E-state index in [0.717, 1.165) is 24.9 Å². The van der Waals surface area contributed by atoms with E-state index in [1.807, 2.05) is 13.1 Å². The number of hydrogen-bond acceptors (Lipinski definition) is 3. The van der Waals surface area contributed by atoms with Gasteiger partial charge in [-0.3, -0.25) is 0 Å². The maximum absolute atomic E-state index is 5.43. The van der Waals surface area contributed by atoms with Crippen molar-refractivity contribution < 1.29 is 4.74 Å². The molecule has 0 saturated heterocycles. The maximum Gasteiger partial charge on any atom is 0.215 e. The average molecular weight is 180 g/mol. The standard InChI is InChI=1S/C10H16N2O/c1-8-6-9(4-3-5-11)7-12-10(8)13-2/h6-7H,3-5,11H2,1-2H3. The molecule has 1 heterocycles. The summed E-state index contributed by atoms with van der Waals surface area (Å²) in [5.41, 5.74) is 7.73. The molecule has 0 aliphatic rings. The summed E-state index contributed by atoms with van der Waals surface area (Å²) >= 11 is 0. The van der Waals surface area contributed by atoms with Gasteiger partial charge in [-0.05, 0) is 37.9 Å². The van der Waals surface area contributed by atoms with Gasteiger partial charge in [0.1, 0.15) is 0 Å². The lowest BCUT2D eigenvalue weighted by molar-refractivity contribution is 0.394. The van der Waals surface area contributed by atoms with Crippen LogP contribution in [-0.4, -0.2) is 18.6 Å². The number of aromatic nitrogens is 1. The van der Waals surface area contributed by atoms with Crippen molar-refractivity contribution in [1.82, 2.24) is 4.98 Å². The van der Waals surface area contributed by atoms with Gasteiger partial charge in [0.25, 0.3) is 0 Å². The van der Waals surface area contributed by atoms with Crippen LogP contribution in [0.4, 0.5) is 0 Å². The molecule has 0 bridgehead atoms. The van der Waals surface area contributed by atoms with Crippen LogP contribution in [0.5, 0.6) is 5.88 Å². The van der Waals surface area contributed by atoms with Crippen molar-refractivity contribution >= 4 is 0 Å². The van der Waals surface area contributed by atoms with Gasteiger partial charge in [0.15, 0.2) is 0 Å². The highest BCUT2D eigenvalue weighted by Crippen LogP contribution is 2.15. The number of ether oxygens (including phenoxy) is 1. The number of rotatable bonds is 4. The average Bonchev–Trinajstić information content (AvgIpc) is 2.15. The van der Waals surface area contributed by atoms with Gasteiger partial charge in [-0.15, -0.1) is 0 Å². The van der Waals surface area contributed by atoms with Gasteiger partial charge in [0.05, 0.1) is 7.11 Å². The van der Waals surface area contributed by atoms with Crippen LogP contribution in [0.1, 0.15) is 17.5 Å². The summed E-state index contributed by atoms with van der Waals surface area (Å²) in [4.78, 5) is 4.19. The Morgan fingerprint density at radius 1 is 1.54 bits per heavy atom. The summed E-state index contributed by atoms with van der Waals surface area (Å²) in [6.45, 7) is 2.73. The first-order valence-electron chi connectivity index (χ1n) is 4.47. The summed E-state index contributed by atoms with van der Waals surface area (Å²) in [7, 11) is 1.63. The van der Waals surface area contributed by atoms with Gasteiger partial charge in [0, 0.05) is 11.8 Å². The molecule has 1 aromatic heterocycles. The van der Waals surface area contributed by atoms with Crippen LogP contribution in [0, 0.1) is 6.92 Å². The second-order valence-electron chi connectivity index (χ2n) is 3.06. The van der Waals surface area contributed by atoms with Crippen LogP contribution >= 0.6 is 0 Å². The highest BCUT2D eigenvalue weighted by molar-refractivity contribution is 5.28. The molecule has 0 aliphatic carbocycles. The molecule has 3 nitrogen and oxygen atoms in total. The van der Waals surface area contributed by atoms with Crippen LogP contribution in [0.15, 0.2) is 12.3 Å². The van der Waals surface area contributed by atoms with Gasteiger partial charge in [0.2, 0.25) is 5.88 Å². The van der Waals surface area contributed by atoms with E-state index in [-0.39, 0.29) is 0 Å². The lowest BCUT2D eigenvalue weighted by Crippen LogP contribution is -2.01. The van der Waals surface area contributed by atoms with Crippen LogP contribution < -0.4 is 10.5 Å². The highest BCUT2D eigenvalue weighted by Gasteiger charge is 2.00. The zero-order chi connectivity index (χ0) is 9.68. The van der Waals surface area contributed by atoms with Crippen molar-refractivity contribution in [2.45, 2.75) is 19.8 Å². The maximum atomic E-state index is 5.43. The highest BCUT2D eigenvalue weighted by atomic mass is 16.5. The molecule has 1 aromatic rings. The van der Waals surface area contributed by atoms with Crippen LogP contribution in [0.2, 0.25) is 0 Å². The Hall–Kier alpha value is -1.09. The number of nitrogens with two attached hydrogens (primary N) is 1. The molecule has 0 aromatic carbocycles. The topological polar surface area (TPSA) is 48.1 Å². The molecule has 3 heteroatoms. The Kier molecular flexibility index (Phi) is 3.71. The number of hydrogen-bond donors (Lipinski definition) is 1. The van der Waals surface area contributed by atoms with Crippen LogP contribution in [0.25, 0.3) is 0 Å². The van der Waals surface area contributed by atoms with E-state index < -0.39 is 0 Å². The molecular formula is C10H16N2O. The predicted octanol–water partition coefficient (Wildman–Crippen LogP) is 1.29. The van der Waals surface area contributed by atoms with Crippen LogP contribution in [0.3, 0.4) is 0 Å². The van der Waals surface area contributed by atoms with E-state index >= 15 is 0 Å². The van der Waals surface area contributed by atoms with E-state index in [1.54, 1.807) is 7.11 Å². The third-order valence-corrected chi connectivity index (χ3v) is 1.95. The first-order chi connectivity index (χ1) is 6.27. The molecule has 0 unspecified atom stereocenters. The molecule has 13 heavy (non-hydrogen) atoms. The second kappa shape index (κ2) is 4.82. The van der Waals surface area contributed by atoms with E-state index in [4.69, 9.17) is 10.5 Å². The monoisotopic (exact) mass is 180 g/mol. The van der Waals surface area contributed by atoms with Crippen LogP contribution in [-0.2, 0) is 6.42 Å². The Balaban J connectivity index is 2.71. The Morgan fingerprint density at radius 2 is 2.31 bits per heavy atom. The summed E-state index contributed by atoms with van der Waals surface area (Å²) < 4.78 is 5.07. The van der Waals surface area contributed by atoms with Crippen molar-refractivity contribution in [3.05, 3.63) is 23.4 Å². The molecule has 0 aliphatic heterocycles. The normalized spacial score (nSPS) is 10.1. The smallest absolute Gasteiger partial charge is 0.215 e. The summed E-state index contributed by atoms with van der Waals surface area (Å²) in [6.07, 6.45) is 3.85. The summed E-state index contributed by atoms with van der Waals surface area (Å²) in [5.74, 6) is 0.705. The number of nitrogens with zero attached hydrogens (tertiary/aromatic N) is 1. The van der Waals surface area contributed by atoms with Gasteiger partial charge in [-0.25, -0.2) is 4.98 Å². The molecule has 1 rings (SSSR count). The SMILES string of the molecule is COc1ncc(CCCN)cc1C. The fourth-order valence-electron chi connectivity index (χ4n) is 1.28. The molecule has 0 spiro atoms. The molecule has 0 atom stereocenters. The van der Waals surface area contributed by atoms with Gasteiger partial charge >= 0.3 is 0 Å². The molecule has 2 N–H and O–H groups in total. The van der Waals surface area contributed by atoms with Crippen molar-refractivity contribution in [3.63, 3.8) is 0 Å². The van der Waals surface area contributed by atoms with E-state index in [0.29, 0.717) is 5.88 Å². The minimum Gasteiger partial charge on any atom is -0.481 e. The zero-order valence-electron chi connectivity index (χ0n) is 8.21. The summed E-state index contributed by atoms with van der Waals surface area (Å²) in [6, 6.07) is 2.10. The van der Waals surface area contributed by atoms with Crippen molar-refractivity contribution in [2.75, 3.05) is 13.7 Å². The van der Waals surface area contributed by atoms with Crippen molar-refractivity contribution in [3.8, 4) is 5.88 Å². The number of aryl methyl sites for hydroxylation is 2. The number of methoxy groups -OCH3 is 1. The Morgan fingerprint density at radius 3 is 2.85 bits per heavy atom. The fourth-order valence-corrected chi connectivity index (χ4v) is 1.28. The molecule has 0 radical (unpaired) electrons.